The first-order chi connectivity index (χ1) is 11.7. The quantitative estimate of drug-likeness (QED) is 0.505. The number of hydrogen-bond acceptors (Lipinski definition) is 5. The van der Waals surface area contributed by atoms with E-state index >= 15 is 0 Å². The van der Waals surface area contributed by atoms with Crippen LogP contribution < -0.4 is 0 Å². The van der Waals surface area contributed by atoms with Crippen molar-refractivity contribution in [3.05, 3.63) is 77.9 Å². The molecule has 1 aromatic heterocycles. The molecule has 0 unspecified atom stereocenters. The van der Waals surface area contributed by atoms with E-state index in [0.29, 0.717) is 11.6 Å². The van der Waals surface area contributed by atoms with Crippen LogP contribution in [0.3, 0.4) is 0 Å². The molecule has 3 rings (SSSR count). The Morgan fingerprint density at radius 3 is 1.38 bits per heavy atom. The Labute approximate surface area is 140 Å². The maximum atomic E-state index is 4.32. The highest BCUT2D eigenvalue weighted by Crippen LogP contribution is 2.21. The van der Waals surface area contributed by atoms with Gasteiger partial charge in [0.05, 0.1) is 11.4 Å². The fourth-order valence-corrected chi connectivity index (χ4v) is 1.96. The van der Waals surface area contributed by atoms with Crippen LogP contribution >= 0.6 is 0 Å². The summed E-state index contributed by atoms with van der Waals surface area (Å²) in [4.78, 5) is 4.32. The highest BCUT2D eigenvalue weighted by Gasteiger charge is 1.96. The first kappa shape index (κ1) is 15.7. The van der Waals surface area contributed by atoms with Crippen molar-refractivity contribution in [1.29, 1.82) is 0 Å². The number of aromatic nitrogens is 1. The first-order valence-corrected chi connectivity index (χ1v) is 7.63. The number of nitrogens with zero attached hydrogens (tertiary/aromatic N) is 5. The summed E-state index contributed by atoms with van der Waals surface area (Å²) in [7, 11) is 0. The van der Waals surface area contributed by atoms with E-state index in [1.807, 2.05) is 68.4 Å². The smallest absolute Gasteiger partial charge is 0.176 e. The first-order valence-electron chi connectivity index (χ1n) is 7.63. The predicted octanol–water partition coefficient (Wildman–Crippen LogP) is 6.53. The van der Waals surface area contributed by atoms with Gasteiger partial charge in [0.2, 0.25) is 0 Å². The molecule has 0 aliphatic heterocycles. The van der Waals surface area contributed by atoms with Crippen LogP contribution in [0.5, 0.6) is 0 Å². The third-order valence-electron chi connectivity index (χ3n) is 3.32. The summed E-state index contributed by atoms with van der Waals surface area (Å²) < 4.78 is 0. The van der Waals surface area contributed by atoms with Crippen LogP contribution in [-0.2, 0) is 0 Å². The van der Waals surface area contributed by atoms with Crippen LogP contribution in [0.4, 0.5) is 23.0 Å². The molecule has 0 saturated carbocycles. The van der Waals surface area contributed by atoms with Gasteiger partial charge in [0, 0.05) is 0 Å². The maximum Gasteiger partial charge on any atom is 0.176 e. The lowest BCUT2D eigenvalue weighted by Crippen LogP contribution is -1.74. The van der Waals surface area contributed by atoms with Gasteiger partial charge in [0.15, 0.2) is 11.6 Å². The fraction of sp³-hybridized carbons (Fsp3) is 0.105. The van der Waals surface area contributed by atoms with Gasteiger partial charge in [0.25, 0.3) is 0 Å². The van der Waals surface area contributed by atoms with Crippen LogP contribution in [-0.4, -0.2) is 4.98 Å². The van der Waals surface area contributed by atoms with Gasteiger partial charge in [-0.2, -0.15) is 0 Å². The molecule has 118 valence electrons. The van der Waals surface area contributed by atoms with E-state index in [0.717, 1.165) is 11.4 Å². The lowest BCUT2D eigenvalue weighted by atomic mass is 10.2. The Hall–Kier alpha value is -3.21. The van der Waals surface area contributed by atoms with E-state index in [4.69, 9.17) is 0 Å². The SMILES string of the molecule is Cc1ccc(N=Nc2cccc(N=Nc3ccc(C)cc3)n2)cc1. The predicted molar refractivity (Wildman–Crippen MR) is 94.9 cm³/mol. The van der Waals surface area contributed by atoms with Gasteiger partial charge in [-0.25, -0.2) is 4.98 Å². The van der Waals surface area contributed by atoms with E-state index in [2.05, 4.69) is 25.4 Å². The lowest BCUT2D eigenvalue weighted by Gasteiger charge is -1.96. The number of aryl methyl sites for hydroxylation is 2. The monoisotopic (exact) mass is 315 g/mol. The van der Waals surface area contributed by atoms with Gasteiger partial charge < -0.3 is 0 Å². The summed E-state index contributed by atoms with van der Waals surface area (Å²) in [6.07, 6.45) is 0. The molecule has 5 nitrogen and oxygen atoms in total. The minimum absolute atomic E-state index is 0.496. The van der Waals surface area contributed by atoms with Crippen molar-refractivity contribution in [3.63, 3.8) is 0 Å². The Balaban J connectivity index is 1.74. The molecule has 0 saturated heterocycles. The van der Waals surface area contributed by atoms with Crippen molar-refractivity contribution >= 4 is 23.0 Å². The summed E-state index contributed by atoms with van der Waals surface area (Å²) in [6.45, 7) is 4.07. The molecular formula is C19H17N5. The van der Waals surface area contributed by atoms with Crippen molar-refractivity contribution in [2.45, 2.75) is 13.8 Å². The molecule has 3 aromatic rings. The van der Waals surface area contributed by atoms with Gasteiger partial charge in [-0.1, -0.05) is 41.5 Å². The van der Waals surface area contributed by atoms with Gasteiger partial charge in [-0.05, 0) is 50.2 Å². The van der Waals surface area contributed by atoms with Crippen molar-refractivity contribution in [3.8, 4) is 0 Å². The van der Waals surface area contributed by atoms with E-state index in [9.17, 15) is 0 Å². The van der Waals surface area contributed by atoms with Crippen LogP contribution in [0.1, 0.15) is 11.1 Å². The Morgan fingerprint density at radius 1 is 0.542 bits per heavy atom. The number of pyridine rings is 1. The largest absolute Gasteiger partial charge is 0.206 e. The van der Waals surface area contributed by atoms with Gasteiger partial charge in [-0.3, -0.25) is 0 Å². The molecule has 0 aliphatic carbocycles. The Bertz CT molecular complexity index is 794. The van der Waals surface area contributed by atoms with Crippen molar-refractivity contribution < 1.29 is 0 Å². The third-order valence-corrected chi connectivity index (χ3v) is 3.32. The Kier molecular flexibility index (Phi) is 4.81. The maximum absolute atomic E-state index is 4.32. The molecule has 0 radical (unpaired) electrons. The number of hydrogen-bond donors (Lipinski definition) is 0. The van der Waals surface area contributed by atoms with Crippen molar-refractivity contribution in [2.24, 2.45) is 20.5 Å². The van der Waals surface area contributed by atoms with E-state index in [1.54, 1.807) is 12.1 Å². The molecule has 0 atom stereocenters. The van der Waals surface area contributed by atoms with Crippen LogP contribution in [0.25, 0.3) is 0 Å². The van der Waals surface area contributed by atoms with E-state index in [1.165, 1.54) is 11.1 Å². The average molecular weight is 315 g/mol. The standard InChI is InChI=1S/C19H17N5/c1-14-6-10-16(11-7-14)21-23-18-4-3-5-19(20-18)24-22-17-12-8-15(2)9-13-17/h3-13H,1-2H3. The zero-order valence-corrected chi connectivity index (χ0v) is 13.6. The second-order valence-electron chi connectivity index (χ2n) is 5.43. The molecule has 0 aliphatic rings. The summed E-state index contributed by atoms with van der Waals surface area (Å²) in [5, 5.41) is 16.6. The van der Waals surface area contributed by atoms with Gasteiger partial charge in [0.1, 0.15) is 0 Å². The summed E-state index contributed by atoms with van der Waals surface area (Å²) >= 11 is 0. The second-order valence-corrected chi connectivity index (χ2v) is 5.43. The van der Waals surface area contributed by atoms with Gasteiger partial charge >= 0.3 is 0 Å². The topological polar surface area (TPSA) is 62.3 Å². The lowest BCUT2D eigenvalue weighted by molar-refractivity contribution is 1.11. The summed E-state index contributed by atoms with van der Waals surface area (Å²) in [5.41, 5.74) is 3.94. The van der Waals surface area contributed by atoms with Gasteiger partial charge in [-0.15, -0.1) is 20.5 Å². The van der Waals surface area contributed by atoms with Crippen LogP contribution in [0.2, 0.25) is 0 Å². The molecule has 1 heterocycles. The van der Waals surface area contributed by atoms with E-state index < -0.39 is 0 Å². The summed E-state index contributed by atoms with van der Waals surface area (Å²) in [5.74, 6) is 0.992. The average Bonchev–Trinajstić information content (AvgIpc) is 2.61. The van der Waals surface area contributed by atoms with E-state index in [-0.39, 0.29) is 0 Å². The minimum Gasteiger partial charge on any atom is -0.206 e. The zero-order chi connectivity index (χ0) is 16.8. The number of rotatable bonds is 4. The minimum atomic E-state index is 0.496. The highest BCUT2D eigenvalue weighted by atomic mass is 15.2. The molecule has 0 N–H and O–H groups in total. The normalized spacial score (nSPS) is 11.4. The van der Waals surface area contributed by atoms with Crippen LogP contribution in [0, 0.1) is 13.8 Å². The molecule has 5 heteroatoms. The van der Waals surface area contributed by atoms with Crippen molar-refractivity contribution in [1.82, 2.24) is 4.98 Å². The second kappa shape index (κ2) is 7.37. The number of benzene rings is 2. The number of azo groups is 2. The molecule has 0 amide bonds. The molecule has 24 heavy (non-hydrogen) atoms. The molecular weight excluding hydrogens is 298 g/mol. The third kappa shape index (κ3) is 4.39. The molecule has 0 bridgehead atoms. The molecule has 2 aromatic carbocycles. The highest BCUT2D eigenvalue weighted by molar-refractivity contribution is 5.42. The molecule has 0 fully saturated rings. The van der Waals surface area contributed by atoms with Crippen LogP contribution in [0.15, 0.2) is 87.2 Å². The fourth-order valence-electron chi connectivity index (χ4n) is 1.96. The Morgan fingerprint density at radius 2 is 0.958 bits per heavy atom. The zero-order valence-electron chi connectivity index (χ0n) is 13.6. The molecule has 0 spiro atoms. The summed E-state index contributed by atoms with van der Waals surface area (Å²) in [6, 6.07) is 21.0. The van der Waals surface area contributed by atoms with Crippen molar-refractivity contribution in [2.75, 3.05) is 0 Å².